The lowest BCUT2D eigenvalue weighted by molar-refractivity contribution is 0.102. The number of methoxy groups -OCH3 is 1. The van der Waals surface area contributed by atoms with Gasteiger partial charge in [0.15, 0.2) is 0 Å². The van der Waals surface area contributed by atoms with Crippen molar-refractivity contribution in [2.24, 2.45) is 5.84 Å². The van der Waals surface area contributed by atoms with E-state index in [1.165, 1.54) is 7.11 Å². The van der Waals surface area contributed by atoms with Gasteiger partial charge < -0.3 is 15.5 Å². The summed E-state index contributed by atoms with van der Waals surface area (Å²) in [5.41, 5.74) is 4.65. The SMILES string of the molecule is COc1cc(C#N)ccc1NC(=O)c1ccc(NN)cc1. The third kappa shape index (κ3) is 3.29. The van der Waals surface area contributed by atoms with Crippen LogP contribution in [0, 0.1) is 11.3 Å². The van der Waals surface area contributed by atoms with Gasteiger partial charge in [-0.25, -0.2) is 0 Å². The Morgan fingerprint density at radius 3 is 2.52 bits per heavy atom. The number of nitrogens with zero attached hydrogens (tertiary/aromatic N) is 1. The number of hydrogen-bond acceptors (Lipinski definition) is 5. The third-order valence-corrected chi connectivity index (χ3v) is 2.89. The average molecular weight is 282 g/mol. The number of nitriles is 1. The van der Waals surface area contributed by atoms with Gasteiger partial charge in [0.2, 0.25) is 0 Å². The van der Waals surface area contributed by atoms with Crippen molar-refractivity contribution >= 4 is 17.3 Å². The lowest BCUT2D eigenvalue weighted by Gasteiger charge is -2.10. The molecule has 6 heteroatoms. The molecule has 0 radical (unpaired) electrons. The molecule has 0 spiro atoms. The van der Waals surface area contributed by atoms with Crippen LogP contribution in [0.5, 0.6) is 5.75 Å². The van der Waals surface area contributed by atoms with E-state index in [9.17, 15) is 4.79 Å². The van der Waals surface area contributed by atoms with Crippen LogP contribution >= 0.6 is 0 Å². The van der Waals surface area contributed by atoms with Crippen LogP contribution in [0.15, 0.2) is 42.5 Å². The second-order valence-corrected chi connectivity index (χ2v) is 4.20. The fourth-order valence-corrected chi connectivity index (χ4v) is 1.78. The summed E-state index contributed by atoms with van der Waals surface area (Å²) >= 11 is 0. The zero-order valence-electron chi connectivity index (χ0n) is 11.4. The molecule has 106 valence electrons. The maximum Gasteiger partial charge on any atom is 0.255 e. The van der Waals surface area contributed by atoms with Crippen molar-refractivity contribution in [2.45, 2.75) is 0 Å². The lowest BCUT2D eigenvalue weighted by atomic mass is 10.1. The normalized spacial score (nSPS) is 9.57. The van der Waals surface area contributed by atoms with Gasteiger partial charge >= 0.3 is 0 Å². The maximum absolute atomic E-state index is 12.2. The van der Waals surface area contributed by atoms with Gasteiger partial charge in [0, 0.05) is 17.3 Å². The Kier molecular flexibility index (Phi) is 4.39. The summed E-state index contributed by atoms with van der Waals surface area (Å²) in [6.45, 7) is 0. The standard InChI is InChI=1S/C15H14N4O2/c1-21-14-8-10(9-16)2-7-13(14)18-15(20)11-3-5-12(19-17)6-4-11/h2-8,19H,17H2,1H3,(H,18,20). The van der Waals surface area contributed by atoms with Crippen molar-refractivity contribution < 1.29 is 9.53 Å². The van der Waals surface area contributed by atoms with E-state index in [1.807, 2.05) is 6.07 Å². The van der Waals surface area contributed by atoms with Crippen LogP contribution in [0.4, 0.5) is 11.4 Å². The number of hydrazine groups is 1. The molecule has 2 aromatic rings. The van der Waals surface area contributed by atoms with Crippen LogP contribution < -0.4 is 21.3 Å². The largest absolute Gasteiger partial charge is 0.495 e. The number of carbonyl (C=O) groups excluding carboxylic acids is 1. The number of nitrogen functional groups attached to an aromatic ring is 1. The number of hydrogen-bond donors (Lipinski definition) is 3. The molecule has 0 aromatic heterocycles. The third-order valence-electron chi connectivity index (χ3n) is 2.89. The number of carbonyl (C=O) groups is 1. The minimum absolute atomic E-state index is 0.276. The number of ether oxygens (including phenoxy) is 1. The van der Waals surface area contributed by atoms with Crippen molar-refractivity contribution in [2.75, 3.05) is 17.9 Å². The predicted molar refractivity (Wildman–Crippen MR) is 79.9 cm³/mol. The molecule has 0 aliphatic carbocycles. The smallest absolute Gasteiger partial charge is 0.255 e. The number of amides is 1. The quantitative estimate of drug-likeness (QED) is 0.589. The van der Waals surface area contributed by atoms with Crippen LogP contribution in [-0.2, 0) is 0 Å². The first-order chi connectivity index (χ1) is 10.2. The van der Waals surface area contributed by atoms with E-state index in [1.54, 1.807) is 42.5 Å². The van der Waals surface area contributed by atoms with E-state index in [2.05, 4.69) is 10.7 Å². The highest BCUT2D eigenvalue weighted by molar-refractivity contribution is 6.05. The number of benzene rings is 2. The van der Waals surface area contributed by atoms with E-state index >= 15 is 0 Å². The van der Waals surface area contributed by atoms with Crippen LogP contribution in [0.2, 0.25) is 0 Å². The van der Waals surface area contributed by atoms with Gasteiger partial charge in [0.1, 0.15) is 5.75 Å². The number of nitrogens with two attached hydrogens (primary N) is 1. The molecule has 0 aliphatic rings. The monoisotopic (exact) mass is 282 g/mol. The molecule has 0 atom stereocenters. The molecule has 0 saturated heterocycles. The maximum atomic E-state index is 12.2. The molecule has 0 aliphatic heterocycles. The fourth-order valence-electron chi connectivity index (χ4n) is 1.78. The van der Waals surface area contributed by atoms with Crippen molar-refractivity contribution in [1.82, 2.24) is 0 Å². The molecule has 0 saturated carbocycles. The first kappa shape index (κ1) is 14.4. The van der Waals surface area contributed by atoms with Gasteiger partial charge in [-0.2, -0.15) is 5.26 Å². The zero-order valence-corrected chi connectivity index (χ0v) is 11.4. The predicted octanol–water partition coefficient (Wildman–Crippen LogP) is 2.10. The van der Waals surface area contributed by atoms with Crippen molar-refractivity contribution in [3.05, 3.63) is 53.6 Å². The van der Waals surface area contributed by atoms with E-state index < -0.39 is 0 Å². The summed E-state index contributed by atoms with van der Waals surface area (Å²) in [4.78, 5) is 12.2. The average Bonchev–Trinajstić information content (AvgIpc) is 2.55. The molecule has 0 unspecified atom stereocenters. The van der Waals surface area contributed by atoms with E-state index in [0.29, 0.717) is 28.3 Å². The topological polar surface area (TPSA) is 100 Å². The Morgan fingerprint density at radius 1 is 1.24 bits per heavy atom. The second-order valence-electron chi connectivity index (χ2n) is 4.20. The Hall–Kier alpha value is -3.04. The van der Waals surface area contributed by atoms with Gasteiger partial charge in [-0.05, 0) is 36.4 Å². The van der Waals surface area contributed by atoms with Gasteiger partial charge in [-0.3, -0.25) is 10.6 Å². The Morgan fingerprint density at radius 2 is 1.95 bits per heavy atom. The lowest BCUT2D eigenvalue weighted by Crippen LogP contribution is -2.13. The highest BCUT2D eigenvalue weighted by atomic mass is 16.5. The molecule has 4 N–H and O–H groups in total. The van der Waals surface area contributed by atoms with Gasteiger partial charge in [-0.15, -0.1) is 0 Å². The van der Waals surface area contributed by atoms with E-state index in [0.717, 1.165) is 0 Å². The summed E-state index contributed by atoms with van der Waals surface area (Å²) in [6.07, 6.45) is 0. The zero-order chi connectivity index (χ0) is 15.2. The van der Waals surface area contributed by atoms with Crippen LogP contribution in [-0.4, -0.2) is 13.0 Å². The van der Waals surface area contributed by atoms with Crippen molar-refractivity contribution in [1.29, 1.82) is 5.26 Å². The Bertz CT molecular complexity index is 690. The van der Waals surface area contributed by atoms with Crippen molar-refractivity contribution in [3.8, 4) is 11.8 Å². The molecule has 2 aromatic carbocycles. The molecule has 1 amide bonds. The number of anilines is 2. The molecule has 2 rings (SSSR count). The first-order valence-corrected chi connectivity index (χ1v) is 6.14. The summed E-state index contributed by atoms with van der Waals surface area (Å²) in [6, 6.07) is 13.5. The minimum atomic E-state index is -0.276. The van der Waals surface area contributed by atoms with Crippen LogP contribution in [0.3, 0.4) is 0 Å². The summed E-state index contributed by atoms with van der Waals surface area (Å²) in [7, 11) is 1.48. The molecule has 21 heavy (non-hydrogen) atoms. The van der Waals surface area contributed by atoms with Crippen molar-refractivity contribution in [3.63, 3.8) is 0 Å². The number of nitrogens with one attached hydrogen (secondary N) is 2. The van der Waals surface area contributed by atoms with Gasteiger partial charge in [0.25, 0.3) is 5.91 Å². The minimum Gasteiger partial charge on any atom is -0.495 e. The highest BCUT2D eigenvalue weighted by Crippen LogP contribution is 2.26. The van der Waals surface area contributed by atoms with Gasteiger partial charge in [0.05, 0.1) is 24.4 Å². The van der Waals surface area contributed by atoms with E-state index in [4.69, 9.17) is 15.8 Å². The first-order valence-electron chi connectivity index (χ1n) is 6.14. The molecule has 0 heterocycles. The fraction of sp³-hybridized carbons (Fsp3) is 0.0667. The molecule has 0 bridgehead atoms. The number of rotatable bonds is 4. The van der Waals surface area contributed by atoms with Crippen LogP contribution in [0.25, 0.3) is 0 Å². The second kappa shape index (κ2) is 6.41. The summed E-state index contributed by atoms with van der Waals surface area (Å²) in [5.74, 6) is 5.43. The van der Waals surface area contributed by atoms with E-state index in [-0.39, 0.29) is 5.91 Å². The molecular formula is C15H14N4O2. The summed E-state index contributed by atoms with van der Waals surface area (Å²) < 4.78 is 5.17. The van der Waals surface area contributed by atoms with Gasteiger partial charge in [-0.1, -0.05) is 0 Å². The molecule has 6 nitrogen and oxygen atoms in total. The summed E-state index contributed by atoms with van der Waals surface area (Å²) in [5, 5.41) is 11.6. The van der Waals surface area contributed by atoms with Crippen LogP contribution in [0.1, 0.15) is 15.9 Å². The Labute approximate surface area is 122 Å². The Balaban J connectivity index is 2.20. The highest BCUT2D eigenvalue weighted by Gasteiger charge is 2.10. The molecular weight excluding hydrogens is 268 g/mol. The molecule has 0 fully saturated rings.